The van der Waals surface area contributed by atoms with Gasteiger partial charge in [0, 0.05) is 16.7 Å². The van der Waals surface area contributed by atoms with Crippen molar-refractivity contribution in [3.8, 4) is 0 Å². The van der Waals surface area contributed by atoms with Crippen molar-refractivity contribution in [3.63, 3.8) is 0 Å². The lowest BCUT2D eigenvalue weighted by atomic mass is 10.1. The van der Waals surface area contributed by atoms with Crippen LogP contribution in [0.25, 0.3) is 0 Å². The number of aryl methyl sites for hydroxylation is 1. The van der Waals surface area contributed by atoms with Crippen LogP contribution in [0.3, 0.4) is 0 Å². The summed E-state index contributed by atoms with van der Waals surface area (Å²) >= 11 is 3.42. The van der Waals surface area contributed by atoms with Gasteiger partial charge in [-0.25, -0.2) is 0 Å². The van der Waals surface area contributed by atoms with Gasteiger partial charge in [-0.3, -0.25) is 4.98 Å². The largest absolute Gasteiger partial charge is 0.377 e. The molecule has 0 spiro atoms. The molecule has 0 fully saturated rings. The summed E-state index contributed by atoms with van der Waals surface area (Å²) in [6.45, 7) is 4.24. The van der Waals surface area contributed by atoms with Crippen molar-refractivity contribution in [1.29, 1.82) is 0 Å². The standard InChI is InChI=1S/C14H15BrN2/c1-10-3-5-12(6-4-10)11(2)17-14-7-13(15)8-16-9-14/h3-9,11,17H,1-2H3. The third-order valence-electron chi connectivity index (χ3n) is 2.67. The Labute approximate surface area is 110 Å². The molecule has 0 radical (unpaired) electrons. The Bertz CT molecular complexity index is 494. The molecule has 2 nitrogen and oxygen atoms in total. The zero-order valence-corrected chi connectivity index (χ0v) is 11.5. The number of hydrogen-bond donors (Lipinski definition) is 1. The summed E-state index contributed by atoms with van der Waals surface area (Å²) in [6, 6.07) is 10.9. The van der Waals surface area contributed by atoms with Crippen LogP contribution in [0.1, 0.15) is 24.1 Å². The number of nitrogens with one attached hydrogen (secondary N) is 1. The zero-order chi connectivity index (χ0) is 12.3. The van der Waals surface area contributed by atoms with Gasteiger partial charge in [0.05, 0.1) is 11.9 Å². The van der Waals surface area contributed by atoms with Gasteiger partial charge in [-0.05, 0) is 41.4 Å². The average molecular weight is 291 g/mol. The third-order valence-corrected chi connectivity index (χ3v) is 3.10. The second kappa shape index (κ2) is 5.32. The molecular formula is C14H15BrN2. The SMILES string of the molecule is Cc1ccc(C(C)Nc2cncc(Br)c2)cc1. The number of hydrogen-bond acceptors (Lipinski definition) is 2. The van der Waals surface area contributed by atoms with Crippen LogP contribution in [0.2, 0.25) is 0 Å². The van der Waals surface area contributed by atoms with Gasteiger partial charge in [-0.2, -0.15) is 0 Å². The van der Waals surface area contributed by atoms with Crippen molar-refractivity contribution in [1.82, 2.24) is 4.98 Å². The molecule has 88 valence electrons. The highest BCUT2D eigenvalue weighted by Gasteiger charge is 2.05. The molecule has 0 saturated carbocycles. The Balaban J connectivity index is 2.11. The van der Waals surface area contributed by atoms with Gasteiger partial charge >= 0.3 is 0 Å². The molecule has 1 unspecified atom stereocenters. The second-order valence-electron chi connectivity index (χ2n) is 4.17. The Hall–Kier alpha value is -1.35. The fourth-order valence-electron chi connectivity index (χ4n) is 1.68. The van der Waals surface area contributed by atoms with Crippen LogP contribution in [0.15, 0.2) is 47.2 Å². The van der Waals surface area contributed by atoms with Gasteiger partial charge < -0.3 is 5.32 Å². The normalized spacial score (nSPS) is 12.2. The molecule has 0 aliphatic carbocycles. The third kappa shape index (κ3) is 3.30. The van der Waals surface area contributed by atoms with Crippen LogP contribution in [-0.2, 0) is 0 Å². The second-order valence-corrected chi connectivity index (χ2v) is 5.08. The summed E-state index contributed by atoms with van der Waals surface area (Å²) in [5, 5.41) is 3.43. The Morgan fingerprint density at radius 3 is 2.53 bits per heavy atom. The zero-order valence-electron chi connectivity index (χ0n) is 9.94. The summed E-state index contributed by atoms with van der Waals surface area (Å²) < 4.78 is 0.985. The van der Waals surface area contributed by atoms with Crippen LogP contribution in [0.4, 0.5) is 5.69 Å². The lowest BCUT2D eigenvalue weighted by Crippen LogP contribution is -2.06. The number of rotatable bonds is 3. The van der Waals surface area contributed by atoms with E-state index in [2.05, 4.69) is 64.3 Å². The van der Waals surface area contributed by atoms with Crippen molar-refractivity contribution >= 4 is 21.6 Å². The van der Waals surface area contributed by atoms with Crippen molar-refractivity contribution in [2.45, 2.75) is 19.9 Å². The fourth-order valence-corrected chi connectivity index (χ4v) is 2.04. The topological polar surface area (TPSA) is 24.9 Å². The summed E-state index contributed by atoms with van der Waals surface area (Å²) in [7, 11) is 0. The van der Waals surface area contributed by atoms with E-state index < -0.39 is 0 Å². The lowest BCUT2D eigenvalue weighted by Gasteiger charge is -2.15. The average Bonchev–Trinajstić information content (AvgIpc) is 2.29. The van der Waals surface area contributed by atoms with Crippen LogP contribution >= 0.6 is 15.9 Å². The highest BCUT2D eigenvalue weighted by molar-refractivity contribution is 9.10. The van der Waals surface area contributed by atoms with Gasteiger partial charge in [0.2, 0.25) is 0 Å². The number of pyridine rings is 1. The molecule has 2 rings (SSSR count). The summed E-state index contributed by atoms with van der Waals surface area (Å²) in [5.74, 6) is 0. The van der Waals surface area contributed by atoms with Gasteiger partial charge in [0.1, 0.15) is 0 Å². The Morgan fingerprint density at radius 2 is 1.88 bits per heavy atom. The molecule has 17 heavy (non-hydrogen) atoms. The first-order chi connectivity index (χ1) is 8.15. The van der Waals surface area contributed by atoms with E-state index in [1.54, 1.807) is 6.20 Å². The molecule has 1 aromatic carbocycles. The first-order valence-electron chi connectivity index (χ1n) is 5.59. The maximum atomic E-state index is 4.14. The Kier molecular flexibility index (Phi) is 3.79. The van der Waals surface area contributed by atoms with Gasteiger partial charge in [-0.15, -0.1) is 0 Å². The van der Waals surface area contributed by atoms with Crippen LogP contribution in [-0.4, -0.2) is 4.98 Å². The molecule has 0 saturated heterocycles. The minimum atomic E-state index is 0.270. The summed E-state index contributed by atoms with van der Waals surface area (Å²) in [4.78, 5) is 4.14. The van der Waals surface area contributed by atoms with E-state index in [4.69, 9.17) is 0 Å². The number of anilines is 1. The summed E-state index contributed by atoms with van der Waals surface area (Å²) in [5.41, 5.74) is 3.58. The molecule has 0 bridgehead atoms. The van der Waals surface area contributed by atoms with Crippen molar-refractivity contribution in [2.75, 3.05) is 5.32 Å². The van der Waals surface area contributed by atoms with Crippen molar-refractivity contribution < 1.29 is 0 Å². The van der Waals surface area contributed by atoms with Crippen LogP contribution in [0, 0.1) is 6.92 Å². The predicted octanol–water partition coefficient (Wildman–Crippen LogP) is 4.33. The number of aromatic nitrogens is 1. The summed E-state index contributed by atoms with van der Waals surface area (Å²) in [6.07, 6.45) is 3.61. The number of benzene rings is 1. The highest BCUT2D eigenvalue weighted by atomic mass is 79.9. The van der Waals surface area contributed by atoms with Gasteiger partial charge in [0.25, 0.3) is 0 Å². The predicted molar refractivity (Wildman–Crippen MR) is 75.2 cm³/mol. The molecule has 2 aromatic rings. The number of nitrogens with zero attached hydrogens (tertiary/aromatic N) is 1. The minimum Gasteiger partial charge on any atom is -0.377 e. The van der Waals surface area contributed by atoms with Gasteiger partial charge in [-0.1, -0.05) is 29.8 Å². The maximum absolute atomic E-state index is 4.14. The quantitative estimate of drug-likeness (QED) is 0.910. The molecule has 0 aliphatic heterocycles. The van der Waals surface area contributed by atoms with E-state index in [0.29, 0.717) is 0 Å². The van der Waals surface area contributed by atoms with Crippen molar-refractivity contribution in [3.05, 3.63) is 58.3 Å². The first kappa shape index (κ1) is 12.1. The Morgan fingerprint density at radius 1 is 1.18 bits per heavy atom. The molecular weight excluding hydrogens is 276 g/mol. The van der Waals surface area contributed by atoms with E-state index in [9.17, 15) is 0 Å². The van der Waals surface area contributed by atoms with E-state index in [-0.39, 0.29) is 6.04 Å². The van der Waals surface area contributed by atoms with E-state index in [1.807, 2.05) is 12.3 Å². The fraction of sp³-hybridized carbons (Fsp3) is 0.214. The van der Waals surface area contributed by atoms with Crippen LogP contribution in [0.5, 0.6) is 0 Å². The number of halogens is 1. The molecule has 1 aromatic heterocycles. The minimum absolute atomic E-state index is 0.270. The molecule has 1 N–H and O–H groups in total. The maximum Gasteiger partial charge on any atom is 0.0542 e. The van der Waals surface area contributed by atoms with E-state index in [0.717, 1.165) is 10.2 Å². The molecule has 3 heteroatoms. The molecule has 0 amide bonds. The van der Waals surface area contributed by atoms with E-state index >= 15 is 0 Å². The van der Waals surface area contributed by atoms with Crippen LogP contribution < -0.4 is 5.32 Å². The lowest BCUT2D eigenvalue weighted by molar-refractivity contribution is 0.882. The van der Waals surface area contributed by atoms with E-state index in [1.165, 1.54) is 11.1 Å². The van der Waals surface area contributed by atoms with Crippen molar-refractivity contribution in [2.24, 2.45) is 0 Å². The smallest absolute Gasteiger partial charge is 0.0542 e. The molecule has 1 atom stereocenters. The molecule has 1 heterocycles. The first-order valence-corrected chi connectivity index (χ1v) is 6.38. The highest BCUT2D eigenvalue weighted by Crippen LogP contribution is 2.21. The molecule has 0 aliphatic rings. The monoisotopic (exact) mass is 290 g/mol. The van der Waals surface area contributed by atoms with Gasteiger partial charge in [0.15, 0.2) is 0 Å².